The number of rotatable bonds is 8. The highest BCUT2D eigenvalue weighted by Gasteiger charge is 2.36. The fourth-order valence-electron chi connectivity index (χ4n) is 4.20. The molecule has 7 nitrogen and oxygen atoms in total. The van der Waals surface area contributed by atoms with Gasteiger partial charge in [0, 0.05) is 10.2 Å². The number of imide groups is 1. The highest BCUT2D eigenvalue weighted by molar-refractivity contribution is 9.10. The zero-order valence-electron chi connectivity index (χ0n) is 21.1. The SMILES string of the molecule is COc1cc(/C=C2/SC(=O)N(CC(=O)Nc3ccc(Br)cc3)C2=O)cc(Br)c1OCc1cccc2ccccc12. The van der Waals surface area contributed by atoms with Gasteiger partial charge in [-0.15, -0.1) is 0 Å². The highest BCUT2D eigenvalue weighted by atomic mass is 79.9. The summed E-state index contributed by atoms with van der Waals surface area (Å²) in [4.78, 5) is 39.2. The van der Waals surface area contributed by atoms with Crippen LogP contribution in [0.3, 0.4) is 0 Å². The third-order valence-corrected chi connectivity index (χ3v) is 8.13. The molecule has 0 radical (unpaired) electrons. The van der Waals surface area contributed by atoms with Crippen LogP contribution in [0.5, 0.6) is 11.5 Å². The van der Waals surface area contributed by atoms with Gasteiger partial charge in [0.25, 0.3) is 11.1 Å². The molecule has 1 N–H and O–H groups in total. The van der Waals surface area contributed by atoms with Crippen molar-refractivity contribution in [2.24, 2.45) is 0 Å². The Kier molecular flexibility index (Phi) is 8.58. The van der Waals surface area contributed by atoms with Gasteiger partial charge in [-0.05, 0) is 92.1 Å². The van der Waals surface area contributed by atoms with Crippen LogP contribution in [-0.2, 0) is 16.2 Å². The molecule has 4 aromatic carbocycles. The predicted octanol–water partition coefficient (Wildman–Crippen LogP) is 7.63. The van der Waals surface area contributed by atoms with E-state index in [-0.39, 0.29) is 11.4 Å². The Morgan fingerprint density at radius 3 is 2.52 bits per heavy atom. The van der Waals surface area contributed by atoms with Crippen molar-refractivity contribution in [2.75, 3.05) is 19.0 Å². The van der Waals surface area contributed by atoms with E-state index in [0.717, 1.165) is 37.5 Å². The van der Waals surface area contributed by atoms with Crippen LogP contribution in [0.25, 0.3) is 16.8 Å². The quantitative estimate of drug-likeness (QED) is 0.193. The summed E-state index contributed by atoms with van der Waals surface area (Å²) in [6, 6.07) is 24.7. The van der Waals surface area contributed by atoms with E-state index < -0.39 is 17.1 Å². The first-order chi connectivity index (χ1) is 19.3. The van der Waals surface area contributed by atoms with Gasteiger partial charge in [0.15, 0.2) is 11.5 Å². The van der Waals surface area contributed by atoms with Crippen LogP contribution in [0.15, 0.2) is 92.7 Å². The largest absolute Gasteiger partial charge is 0.493 e. The average Bonchev–Trinajstić information content (AvgIpc) is 3.20. The van der Waals surface area contributed by atoms with E-state index in [1.54, 1.807) is 42.5 Å². The Hall–Kier alpha value is -3.60. The van der Waals surface area contributed by atoms with Crippen molar-refractivity contribution in [3.63, 3.8) is 0 Å². The summed E-state index contributed by atoms with van der Waals surface area (Å²) < 4.78 is 13.2. The lowest BCUT2D eigenvalue weighted by Crippen LogP contribution is -2.36. The molecule has 10 heteroatoms. The first-order valence-corrected chi connectivity index (χ1v) is 14.5. The van der Waals surface area contributed by atoms with Crippen LogP contribution in [0.4, 0.5) is 10.5 Å². The number of carbonyl (C=O) groups excluding carboxylic acids is 3. The van der Waals surface area contributed by atoms with Crippen LogP contribution >= 0.6 is 43.6 Å². The Bertz CT molecular complexity index is 1650. The van der Waals surface area contributed by atoms with Gasteiger partial charge in [-0.1, -0.05) is 58.4 Å². The summed E-state index contributed by atoms with van der Waals surface area (Å²) in [6.07, 6.45) is 1.60. The first kappa shape index (κ1) is 27.9. The molecule has 4 aromatic rings. The second-order valence-electron chi connectivity index (χ2n) is 8.78. The van der Waals surface area contributed by atoms with Crippen molar-refractivity contribution in [1.82, 2.24) is 4.90 Å². The molecule has 0 unspecified atom stereocenters. The summed E-state index contributed by atoms with van der Waals surface area (Å²) in [5, 5.41) is 4.42. The number of methoxy groups -OCH3 is 1. The number of fused-ring (bicyclic) bond motifs is 1. The lowest BCUT2D eigenvalue weighted by molar-refractivity contribution is -0.127. The van der Waals surface area contributed by atoms with E-state index >= 15 is 0 Å². The molecule has 0 saturated carbocycles. The molecule has 0 aromatic heterocycles. The molecule has 0 spiro atoms. The van der Waals surface area contributed by atoms with Crippen molar-refractivity contribution < 1.29 is 23.9 Å². The fourth-order valence-corrected chi connectivity index (χ4v) is 5.87. The summed E-state index contributed by atoms with van der Waals surface area (Å²) in [5.74, 6) is -0.0189. The molecule has 0 aliphatic carbocycles. The first-order valence-electron chi connectivity index (χ1n) is 12.1. The molecule has 1 saturated heterocycles. The van der Waals surface area contributed by atoms with Gasteiger partial charge in [-0.3, -0.25) is 19.3 Å². The summed E-state index contributed by atoms with van der Waals surface area (Å²) in [5.41, 5.74) is 2.23. The number of hydrogen-bond acceptors (Lipinski definition) is 6. The van der Waals surface area contributed by atoms with Gasteiger partial charge in [-0.25, -0.2) is 0 Å². The van der Waals surface area contributed by atoms with Gasteiger partial charge in [0.1, 0.15) is 13.2 Å². The average molecular weight is 682 g/mol. The third-order valence-electron chi connectivity index (χ3n) is 6.10. The van der Waals surface area contributed by atoms with Crippen molar-refractivity contribution in [2.45, 2.75) is 6.61 Å². The lowest BCUT2D eigenvalue weighted by atomic mass is 10.1. The van der Waals surface area contributed by atoms with E-state index in [1.807, 2.05) is 24.3 Å². The molecular formula is C30H22Br2N2O5S. The van der Waals surface area contributed by atoms with Gasteiger partial charge in [0.2, 0.25) is 5.91 Å². The number of halogens is 2. The Balaban J connectivity index is 1.30. The van der Waals surface area contributed by atoms with Crippen LogP contribution in [0.2, 0.25) is 0 Å². The van der Waals surface area contributed by atoms with E-state index in [4.69, 9.17) is 9.47 Å². The minimum Gasteiger partial charge on any atom is -0.493 e. The molecular weight excluding hydrogens is 660 g/mol. The molecule has 40 heavy (non-hydrogen) atoms. The Morgan fingerprint density at radius 2 is 1.75 bits per heavy atom. The second-order valence-corrected chi connectivity index (χ2v) is 11.5. The van der Waals surface area contributed by atoms with E-state index in [1.165, 1.54) is 7.11 Å². The molecule has 1 aliphatic rings. The van der Waals surface area contributed by atoms with Crippen LogP contribution < -0.4 is 14.8 Å². The number of ether oxygens (including phenoxy) is 2. The maximum Gasteiger partial charge on any atom is 0.294 e. The topological polar surface area (TPSA) is 84.9 Å². The Labute approximate surface area is 251 Å². The summed E-state index contributed by atoms with van der Waals surface area (Å²) in [7, 11) is 1.54. The number of hydrogen-bond donors (Lipinski definition) is 1. The van der Waals surface area contributed by atoms with Gasteiger partial charge in [0.05, 0.1) is 16.5 Å². The third kappa shape index (κ3) is 6.24. The van der Waals surface area contributed by atoms with Gasteiger partial charge >= 0.3 is 0 Å². The van der Waals surface area contributed by atoms with Crippen molar-refractivity contribution in [3.8, 4) is 11.5 Å². The van der Waals surface area contributed by atoms with Gasteiger partial charge < -0.3 is 14.8 Å². The summed E-state index contributed by atoms with van der Waals surface area (Å²) in [6.45, 7) is -0.0527. The second kappa shape index (κ2) is 12.3. The monoisotopic (exact) mass is 680 g/mol. The fraction of sp³-hybridized carbons (Fsp3) is 0.100. The standard InChI is InChI=1S/C30H22Br2N2O5S/c1-38-25-14-18(13-24(32)28(25)39-17-20-7-4-6-19-5-2-3-8-23(19)20)15-26-29(36)34(30(37)40-26)16-27(35)33-22-11-9-21(31)10-12-22/h2-15H,16-17H2,1H3,(H,33,35)/b26-15+. The van der Waals surface area contributed by atoms with E-state index in [9.17, 15) is 14.4 Å². The molecule has 5 rings (SSSR count). The smallest absolute Gasteiger partial charge is 0.294 e. The number of benzene rings is 4. The minimum absolute atomic E-state index is 0.208. The molecule has 0 bridgehead atoms. The molecule has 1 fully saturated rings. The minimum atomic E-state index is -0.535. The highest BCUT2D eigenvalue weighted by Crippen LogP contribution is 2.39. The van der Waals surface area contributed by atoms with Crippen LogP contribution in [0.1, 0.15) is 11.1 Å². The van der Waals surface area contributed by atoms with Gasteiger partial charge in [-0.2, -0.15) is 0 Å². The number of nitrogens with one attached hydrogen (secondary N) is 1. The molecule has 1 heterocycles. The van der Waals surface area contributed by atoms with Crippen LogP contribution in [-0.4, -0.2) is 35.6 Å². The number of amides is 3. The maximum absolute atomic E-state index is 13.0. The zero-order valence-corrected chi connectivity index (χ0v) is 25.1. The number of anilines is 1. The van der Waals surface area contributed by atoms with E-state index in [0.29, 0.717) is 33.8 Å². The Morgan fingerprint density at radius 1 is 1.00 bits per heavy atom. The van der Waals surface area contributed by atoms with E-state index in [2.05, 4.69) is 55.4 Å². The van der Waals surface area contributed by atoms with Crippen molar-refractivity contribution in [1.29, 1.82) is 0 Å². The number of thioether (sulfide) groups is 1. The molecule has 1 aliphatic heterocycles. The normalized spacial score (nSPS) is 14.2. The number of nitrogens with zero attached hydrogens (tertiary/aromatic N) is 1. The van der Waals surface area contributed by atoms with Crippen molar-refractivity contribution >= 4 is 83.2 Å². The van der Waals surface area contributed by atoms with Crippen LogP contribution in [0, 0.1) is 0 Å². The number of carbonyl (C=O) groups is 3. The maximum atomic E-state index is 13.0. The van der Waals surface area contributed by atoms with Crippen molar-refractivity contribution in [3.05, 3.63) is 104 Å². The summed E-state index contributed by atoms with van der Waals surface area (Å²) >= 11 is 7.68. The lowest BCUT2D eigenvalue weighted by Gasteiger charge is -2.15. The zero-order chi connectivity index (χ0) is 28.2. The molecule has 3 amide bonds. The predicted molar refractivity (Wildman–Crippen MR) is 164 cm³/mol. The molecule has 0 atom stereocenters. The molecule has 202 valence electrons.